The quantitative estimate of drug-likeness (QED) is 0.335. The van der Waals surface area contributed by atoms with E-state index in [1.54, 1.807) is 11.9 Å². The number of oxime groups is 1. The van der Waals surface area contributed by atoms with Gasteiger partial charge in [-0.2, -0.15) is 0 Å². The van der Waals surface area contributed by atoms with Crippen LogP contribution in [0.1, 0.15) is 26.7 Å². The minimum atomic E-state index is -0.906. The van der Waals surface area contributed by atoms with Gasteiger partial charge in [-0.25, -0.2) is 0 Å². The fraction of sp³-hybridized carbons (Fsp3) is 0.833. The Morgan fingerprint density at radius 2 is 2.06 bits per heavy atom. The normalized spacial score (nSPS) is 19.9. The Labute approximate surface area is 108 Å². The molecule has 0 radical (unpaired) electrons. The molecule has 1 aliphatic rings. The number of ether oxygens (including phenoxy) is 1. The number of carbonyl (C=O) groups excluding carboxylic acids is 1. The van der Waals surface area contributed by atoms with Crippen LogP contribution in [0.15, 0.2) is 5.16 Å². The lowest BCUT2D eigenvalue weighted by Crippen LogP contribution is -2.53. The third-order valence-electron chi connectivity index (χ3n) is 3.34. The Kier molecular flexibility index (Phi) is 4.95. The monoisotopic (exact) mass is 257 g/mol. The molecule has 1 fully saturated rings. The molecule has 0 spiro atoms. The largest absolute Gasteiger partial charge is 0.409 e. The molecule has 0 unspecified atom stereocenters. The minimum absolute atomic E-state index is 0.00796. The first-order chi connectivity index (χ1) is 8.44. The molecule has 1 aliphatic heterocycles. The molecule has 0 aliphatic carbocycles. The van der Waals surface area contributed by atoms with Crippen LogP contribution in [-0.4, -0.2) is 48.7 Å². The first-order valence-corrected chi connectivity index (χ1v) is 6.25. The Bertz CT molecular complexity index is 323. The summed E-state index contributed by atoms with van der Waals surface area (Å²) < 4.78 is 5.27. The summed E-state index contributed by atoms with van der Waals surface area (Å²) in [5, 5.41) is 12.0. The molecule has 1 amide bonds. The van der Waals surface area contributed by atoms with E-state index in [1.807, 2.05) is 13.8 Å². The van der Waals surface area contributed by atoms with Crippen molar-refractivity contribution < 1.29 is 14.7 Å². The van der Waals surface area contributed by atoms with Crippen molar-refractivity contribution in [2.45, 2.75) is 26.7 Å². The average Bonchev–Trinajstić information content (AvgIpc) is 2.36. The summed E-state index contributed by atoms with van der Waals surface area (Å²) in [6.07, 6.45) is 0.925. The number of hydrogen-bond acceptors (Lipinski definition) is 4. The summed E-state index contributed by atoms with van der Waals surface area (Å²) in [5.74, 6) is 0.282. The Hall–Kier alpha value is -1.30. The molecular formula is C12H23N3O3. The summed E-state index contributed by atoms with van der Waals surface area (Å²) in [4.78, 5) is 14.2. The molecule has 6 heteroatoms. The van der Waals surface area contributed by atoms with Crippen LogP contribution in [0, 0.1) is 11.3 Å². The highest BCUT2D eigenvalue weighted by Gasteiger charge is 2.45. The lowest BCUT2D eigenvalue weighted by atomic mass is 9.77. The van der Waals surface area contributed by atoms with Crippen LogP contribution in [0.2, 0.25) is 0 Å². The molecule has 0 aromatic carbocycles. The van der Waals surface area contributed by atoms with Gasteiger partial charge in [-0.05, 0) is 18.8 Å². The first-order valence-electron chi connectivity index (χ1n) is 6.25. The van der Waals surface area contributed by atoms with E-state index >= 15 is 0 Å². The van der Waals surface area contributed by atoms with Gasteiger partial charge < -0.3 is 20.6 Å². The van der Waals surface area contributed by atoms with E-state index in [1.165, 1.54) is 0 Å². The Balaban J connectivity index is 2.93. The fourth-order valence-corrected chi connectivity index (χ4v) is 2.39. The van der Waals surface area contributed by atoms with Crippen molar-refractivity contribution in [2.24, 2.45) is 22.2 Å². The molecule has 1 heterocycles. The van der Waals surface area contributed by atoms with E-state index in [9.17, 15) is 4.79 Å². The molecule has 0 saturated carbocycles. The Morgan fingerprint density at radius 3 is 2.50 bits per heavy atom. The smallest absolute Gasteiger partial charge is 0.236 e. The van der Waals surface area contributed by atoms with Gasteiger partial charge in [0.25, 0.3) is 0 Å². The number of carbonyl (C=O) groups is 1. The fourth-order valence-electron chi connectivity index (χ4n) is 2.39. The number of amidine groups is 1. The summed E-state index contributed by atoms with van der Waals surface area (Å²) in [5.41, 5.74) is 4.84. The van der Waals surface area contributed by atoms with Gasteiger partial charge in [0, 0.05) is 26.8 Å². The van der Waals surface area contributed by atoms with Gasteiger partial charge in [-0.3, -0.25) is 4.79 Å². The second-order valence-corrected chi connectivity index (χ2v) is 5.26. The predicted molar refractivity (Wildman–Crippen MR) is 68.4 cm³/mol. The maximum Gasteiger partial charge on any atom is 0.236 e. The molecule has 18 heavy (non-hydrogen) atoms. The SMILES string of the molecule is CC(C)CN(C)C(=O)C1(C(N)=NO)CCOCC1. The molecule has 0 bridgehead atoms. The van der Waals surface area contributed by atoms with Crippen molar-refractivity contribution in [1.29, 1.82) is 0 Å². The van der Waals surface area contributed by atoms with Gasteiger partial charge in [-0.15, -0.1) is 0 Å². The number of rotatable bonds is 4. The van der Waals surface area contributed by atoms with Crippen molar-refractivity contribution in [2.75, 3.05) is 26.8 Å². The van der Waals surface area contributed by atoms with E-state index in [-0.39, 0.29) is 11.7 Å². The third-order valence-corrected chi connectivity index (χ3v) is 3.34. The van der Waals surface area contributed by atoms with Crippen molar-refractivity contribution in [1.82, 2.24) is 4.90 Å². The van der Waals surface area contributed by atoms with E-state index in [0.29, 0.717) is 38.5 Å². The van der Waals surface area contributed by atoms with Gasteiger partial charge in [0.05, 0.1) is 0 Å². The highest BCUT2D eigenvalue weighted by Crippen LogP contribution is 2.33. The lowest BCUT2D eigenvalue weighted by Gasteiger charge is -2.37. The van der Waals surface area contributed by atoms with E-state index in [4.69, 9.17) is 15.7 Å². The maximum absolute atomic E-state index is 12.6. The van der Waals surface area contributed by atoms with Gasteiger partial charge >= 0.3 is 0 Å². The van der Waals surface area contributed by atoms with Gasteiger partial charge in [0.1, 0.15) is 5.41 Å². The molecule has 3 N–H and O–H groups in total. The zero-order valence-corrected chi connectivity index (χ0v) is 11.3. The zero-order chi connectivity index (χ0) is 13.8. The van der Waals surface area contributed by atoms with Crippen LogP contribution in [0.4, 0.5) is 0 Å². The van der Waals surface area contributed by atoms with Crippen LogP contribution >= 0.6 is 0 Å². The van der Waals surface area contributed by atoms with Crippen LogP contribution in [0.25, 0.3) is 0 Å². The van der Waals surface area contributed by atoms with Crippen LogP contribution in [-0.2, 0) is 9.53 Å². The summed E-state index contributed by atoms with van der Waals surface area (Å²) in [6, 6.07) is 0. The number of amides is 1. The molecule has 1 rings (SSSR count). The second kappa shape index (κ2) is 6.04. The molecule has 0 aromatic heterocycles. The summed E-state index contributed by atoms with van der Waals surface area (Å²) in [7, 11) is 1.75. The molecule has 0 aromatic rings. The number of hydrogen-bond donors (Lipinski definition) is 2. The zero-order valence-electron chi connectivity index (χ0n) is 11.3. The average molecular weight is 257 g/mol. The van der Waals surface area contributed by atoms with E-state index in [0.717, 1.165) is 0 Å². The first kappa shape index (κ1) is 14.8. The molecule has 6 nitrogen and oxygen atoms in total. The third kappa shape index (κ3) is 2.93. The molecule has 1 saturated heterocycles. The van der Waals surface area contributed by atoms with E-state index < -0.39 is 5.41 Å². The van der Waals surface area contributed by atoms with Crippen molar-refractivity contribution in [3.05, 3.63) is 0 Å². The maximum atomic E-state index is 12.6. The topological polar surface area (TPSA) is 88.2 Å². The van der Waals surface area contributed by atoms with Crippen molar-refractivity contribution in [3.8, 4) is 0 Å². The second-order valence-electron chi connectivity index (χ2n) is 5.26. The summed E-state index contributed by atoms with van der Waals surface area (Å²) in [6.45, 7) is 5.66. The van der Waals surface area contributed by atoms with Crippen molar-refractivity contribution >= 4 is 11.7 Å². The van der Waals surface area contributed by atoms with Crippen LogP contribution < -0.4 is 5.73 Å². The molecule has 104 valence electrons. The van der Waals surface area contributed by atoms with Crippen LogP contribution in [0.3, 0.4) is 0 Å². The number of nitrogens with zero attached hydrogens (tertiary/aromatic N) is 2. The molecule has 0 atom stereocenters. The number of nitrogens with two attached hydrogens (primary N) is 1. The predicted octanol–water partition coefficient (Wildman–Crippen LogP) is 0.644. The van der Waals surface area contributed by atoms with Gasteiger partial charge in [0.15, 0.2) is 5.84 Å². The summed E-state index contributed by atoms with van der Waals surface area (Å²) >= 11 is 0. The standard InChI is InChI=1S/C12H23N3O3/c1-9(2)8-15(3)11(16)12(10(13)14-17)4-6-18-7-5-12/h9,17H,4-8H2,1-3H3,(H2,13,14). The molecular weight excluding hydrogens is 234 g/mol. The minimum Gasteiger partial charge on any atom is -0.409 e. The lowest BCUT2D eigenvalue weighted by molar-refractivity contribution is -0.141. The van der Waals surface area contributed by atoms with Gasteiger partial charge in [0.2, 0.25) is 5.91 Å². The Morgan fingerprint density at radius 1 is 1.50 bits per heavy atom. The highest BCUT2D eigenvalue weighted by atomic mass is 16.5. The van der Waals surface area contributed by atoms with Gasteiger partial charge in [-0.1, -0.05) is 19.0 Å². The van der Waals surface area contributed by atoms with Crippen molar-refractivity contribution in [3.63, 3.8) is 0 Å². The van der Waals surface area contributed by atoms with Crippen LogP contribution in [0.5, 0.6) is 0 Å². The van der Waals surface area contributed by atoms with E-state index in [2.05, 4.69) is 5.16 Å². The highest BCUT2D eigenvalue weighted by molar-refractivity contribution is 6.06.